The Hall–Kier alpha value is -3.92. The van der Waals surface area contributed by atoms with E-state index in [4.69, 9.17) is 4.52 Å². The smallest absolute Gasteiger partial charge is 0.324 e. The average molecular weight is 463 g/mol. The van der Waals surface area contributed by atoms with Crippen LogP contribution in [0.15, 0.2) is 81.0 Å². The quantitative estimate of drug-likeness (QED) is 0.240. The van der Waals surface area contributed by atoms with Crippen molar-refractivity contribution in [2.24, 2.45) is 9.98 Å². The van der Waals surface area contributed by atoms with E-state index in [9.17, 15) is 9.90 Å². The summed E-state index contributed by atoms with van der Waals surface area (Å²) in [7, 11) is 3.55. The molecule has 0 saturated carbocycles. The molecule has 10 heteroatoms. The maximum atomic E-state index is 13.2. The van der Waals surface area contributed by atoms with Crippen LogP contribution in [0.1, 0.15) is 11.1 Å². The standard InChI is InChI=1S/C23H22N6O3S/c1-16-8-7-9-17(12-16)13-19-22(31)29(18-10-5-4-6-11-18)23(24-19)33-15-20(30)25-21-14-28(26-32-21)27(2)3/h4-14H,15H2,1-3H3/b19-13+. The van der Waals surface area contributed by atoms with Crippen LogP contribution in [-0.2, 0) is 4.79 Å². The fourth-order valence-electron chi connectivity index (χ4n) is 3.06. The van der Waals surface area contributed by atoms with Gasteiger partial charge in [0, 0.05) is 5.75 Å². The zero-order valence-corrected chi connectivity index (χ0v) is 19.2. The highest BCUT2D eigenvalue weighted by molar-refractivity contribution is 8.14. The van der Waals surface area contributed by atoms with Crippen molar-refractivity contribution in [3.8, 4) is 0 Å². The van der Waals surface area contributed by atoms with Crippen molar-refractivity contribution in [2.75, 3.05) is 29.8 Å². The van der Waals surface area contributed by atoms with Gasteiger partial charge >= 0.3 is 5.88 Å². The summed E-state index contributed by atoms with van der Waals surface area (Å²) < 4.78 is 5.04. The van der Waals surface area contributed by atoms with Gasteiger partial charge in [-0.2, -0.15) is 5.01 Å². The minimum absolute atomic E-state index is 0.0180. The van der Waals surface area contributed by atoms with Gasteiger partial charge in [-0.15, -0.1) is 0 Å². The lowest BCUT2D eigenvalue weighted by atomic mass is 10.1. The molecule has 0 N–H and O–H groups in total. The molecule has 0 saturated heterocycles. The van der Waals surface area contributed by atoms with Crippen LogP contribution in [0.25, 0.3) is 6.08 Å². The van der Waals surface area contributed by atoms with Crippen LogP contribution in [0.4, 0.5) is 11.6 Å². The van der Waals surface area contributed by atoms with Crippen molar-refractivity contribution in [2.45, 2.75) is 6.92 Å². The van der Waals surface area contributed by atoms with E-state index in [0.29, 0.717) is 16.6 Å². The lowest BCUT2D eigenvalue weighted by Gasteiger charge is -2.18. The molecule has 0 spiro atoms. The molecule has 9 nitrogen and oxygen atoms in total. The number of aromatic nitrogens is 2. The summed E-state index contributed by atoms with van der Waals surface area (Å²) in [4.78, 5) is 24.6. The Balaban J connectivity index is 1.58. The van der Waals surface area contributed by atoms with Crippen molar-refractivity contribution in [1.82, 2.24) is 5.27 Å². The third kappa shape index (κ3) is 5.29. The molecular weight excluding hydrogens is 440 g/mol. The molecule has 2 aromatic carbocycles. The van der Waals surface area contributed by atoms with Gasteiger partial charge in [0.05, 0.1) is 24.6 Å². The maximum Gasteiger partial charge on any atom is 0.324 e. The van der Waals surface area contributed by atoms with E-state index in [2.05, 4.69) is 15.3 Å². The van der Waals surface area contributed by atoms with Crippen molar-refractivity contribution in [3.05, 3.63) is 77.6 Å². The molecule has 2 heterocycles. The second kappa shape index (κ2) is 9.70. The second-order valence-corrected chi connectivity index (χ2v) is 8.36. The number of para-hydroxylation sites is 1. The first kappa shape index (κ1) is 22.3. The summed E-state index contributed by atoms with van der Waals surface area (Å²) in [5.41, 5.74) is 2.95. The molecule has 0 atom stereocenters. The minimum Gasteiger partial charge on any atom is -0.861 e. The number of carbonyl (C=O) groups is 1. The molecule has 33 heavy (non-hydrogen) atoms. The van der Waals surface area contributed by atoms with Crippen LogP contribution in [0.5, 0.6) is 0 Å². The molecule has 0 aliphatic carbocycles. The van der Waals surface area contributed by atoms with E-state index in [1.54, 1.807) is 25.2 Å². The van der Waals surface area contributed by atoms with E-state index >= 15 is 0 Å². The number of aliphatic imine (C=N–C) groups is 2. The second-order valence-electron chi connectivity index (χ2n) is 7.42. The molecule has 3 aromatic rings. The highest BCUT2D eigenvalue weighted by atomic mass is 32.2. The van der Waals surface area contributed by atoms with Gasteiger partial charge in [-0.3, -0.25) is 14.2 Å². The van der Waals surface area contributed by atoms with Crippen molar-refractivity contribution >= 4 is 46.4 Å². The SMILES string of the molecule is Cc1cccc(/C=C2/N=C(SC/C([O-])=N\c3c[n+](N(C)C)no3)N(c3ccccc3)C2=O)c1. The van der Waals surface area contributed by atoms with Crippen LogP contribution in [-0.4, -0.2) is 42.1 Å². The summed E-state index contributed by atoms with van der Waals surface area (Å²) in [5.74, 6) is -0.604. The van der Waals surface area contributed by atoms with Gasteiger partial charge in [-0.25, -0.2) is 9.98 Å². The van der Waals surface area contributed by atoms with Crippen molar-refractivity contribution < 1.29 is 19.2 Å². The lowest BCUT2D eigenvalue weighted by Crippen LogP contribution is -2.53. The van der Waals surface area contributed by atoms with Gasteiger partial charge in [0.1, 0.15) is 5.70 Å². The number of benzene rings is 2. The molecule has 0 radical (unpaired) electrons. The number of hydrogen-bond acceptors (Lipinski definition) is 8. The van der Waals surface area contributed by atoms with E-state index in [1.807, 2.05) is 61.5 Å². The topological polar surface area (TPSA) is 101 Å². The monoisotopic (exact) mass is 462 g/mol. The Morgan fingerprint density at radius 1 is 1.24 bits per heavy atom. The van der Waals surface area contributed by atoms with Crippen LogP contribution < -0.4 is 19.8 Å². The summed E-state index contributed by atoms with van der Waals surface area (Å²) in [6.45, 7) is 1.99. The van der Waals surface area contributed by atoms with Crippen molar-refractivity contribution in [3.63, 3.8) is 0 Å². The zero-order valence-electron chi connectivity index (χ0n) is 18.4. The molecule has 1 aliphatic rings. The Bertz CT molecular complexity index is 1250. The Morgan fingerprint density at radius 2 is 2.03 bits per heavy atom. The Labute approximate surface area is 195 Å². The third-order valence-corrected chi connectivity index (χ3v) is 5.53. The number of nitrogens with zero attached hydrogens (tertiary/aromatic N) is 6. The normalized spacial score (nSPS) is 15.3. The number of aryl methyl sites for hydroxylation is 1. The summed E-state index contributed by atoms with van der Waals surface area (Å²) in [6, 6.07) is 17.0. The van der Waals surface area contributed by atoms with Crippen LogP contribution >= 0.6 is 11.8 Å². The van der Waals surface area contributed by atoms with Gasteiger partial charge in [0.15, 0.2) is 5.17 Å². The fraction of sp³-hybridized carbons (Fsp3) is 0.174. The van der Waals surface area contributed by atoms with E-state index < -0.39 is 5.90 Å². The molecular formula is C23H22N6O3S. The molecule has 4 rings (SSSR count). The predicted molar refractivity (Wildman–Crippen MR) is 127 cm³/mol. The van der Waals surface area contributed by atoms with E-state index in [1.165, 1.54) is 15.9 Å². The zero-order chi connectivity index (χ0) is 23.4. The van der Waals surface area contributed by atoms with E-state index in [0.717, 1.165) is 22.9 Å². The number of amidine groups is 1. The summed E-state index contributed by atoms with van der Waals surface area (Å²) in [5, 5.41) is 18.2. The summed E-state index contributed by atoms with van der Waals surface area (Å²) >= 11 is 1.14. The van der Waals surface area contributed by atoms with Gasteiger partial charge in [0.25, 0.3) is 12.1 Å². The van der Waals surface area contributed by atoms with Crippen molar-refractivity contribution in [1.29, 1.82) is 0 Å². The highest BCUT2D eigenvalue weighted by Crippen LogP contribution is 2.29. The van der Waals surface area contributed by atoms with Crippen LogP contribution in [0, 0.1) is 6.92 Å². The molecule has 0 fully saturated rings. The third-order valence-electron chi connectivity index (χ3n) is 4.60. The number of hydrogen-bond donors (Lipinski definition) is 0. The van der Waals surface area contributed by atoms with Gasteiger partial charge < -0.3 is 5.11 Å². The molecule has 1 aromatic heterocycles. The Morgan fingerprint density at radius 3 is 2.73 bits per heavy atom. The molecule has 1 amide bonds. The number of carbonyl (C=O) groups excluding carboxylic acids is 1. The average Bonchev–Trinajstić information content (AvgIpc) is 3.38. The van der Waals surface area contributed by atoms with E-state index in [-0.39, 0.29) is 17.5 Å². The predicted octanol–water partition coefficient (Wildman–Crippen LogP) is 2.04. The first-order valence-electron chi connectivity index (χ1n) is 10.1. The maximum absolute atomic E-state index is 13.2. The van der Waals surface area contributed by atoms with Crippen LogP contribution in [0.3, 0.4) is 0 Å². The number of rotatable bonds is 6. The first-order valence-corrected chi connectivity index (χ1v) is 11.1. The van der Waals surface area contributed by atoms with Gasteiger partial charge in [-0.05, 0) is 36.6 Å². The highest BCUT2D eigenvalue weighted by Gasteiger charge is 2.31. The first-order chi connectivity index (χ1) is 15.9. The van der Waals surface area contributed by atoms with Crippen LogP contribution in [0.2, 0.25) is 0 Å². The van der Waals surface area contributed by atoms with Gasteiger partial charge in [0.2, 0.25) is 5.27 Å². The number of thioether (sulfide) groups is 1. The molecule has 0 bridgehead atoms. The molecule has 1 aliphatic heterocycles. The fourth-order valence-corrected chi connectivity index (χ4v) is 3.86. The van der Waals surface area contributed by atoms with Gasteiger partial charge in [-0.1, -0.05) is 59.8 Å². The summed E-state index contributed by atoms with van der Waals surface area (Å²) in [6.07, 6.45) is 3.25. The molecule has 168 valence electrons. The Kier molecular flexibility index (Phi) is 6.55. The molecule has 0 unspecified atom stereocenters. The lowest BCUT2D eigenvalue weighted by molar-refractivity contribution is -0.753. The number of anilines is 1. The largest absolute Gasteiger partial charge is 0.861 e. The minimum atomic E-state index is -0.429. The number of amides is 1.